The van der Waals surface area contributed by atoms with Crippen LogP contribution in [0.15, 0.2) is 75.3 Å². The lowest BCUT2D eigenvalue weighted by atomic mass is 10.0. The number of furan rings is 1. The summed E-state index contributed by atoms with van der Waals surface area (Å²) in [6, 6.07) is 16.9. The second kappa shape index (κ2) is 9.62. The Balaban J connectivity index is 1.33. The number of ether oxygens (including phenoxy) is 3. The summed E-state index contributed by atoms with van der Waals surface area (Å²) >= 11 is 1.45. The van der Waals surface area contributed by atoms with Crippen molar-refractivity contribution in [3.63, 3.8) is 0 Å². The van der Waals surface area contributed by atoms with Crippen molar-refractivity contribution in [3.8, 4) is 17.2 Å². The highest BCUT2D eigenvalue weighted by Crippen LogP contribution is 2.36. The monoisotopic (exact) mass is 464 g/mol. The lowest BCUT2D eigenvalue weighted by molar-refractivity contribution is -0.130. The highest BCUT2D eigenvalue weighted by molar-refractivity contribution is 8.00. The Kier molecular flexibility index (Phi) is 6.26. The molecule has 1 amide bonds. The predicted octanol–water partition coefficient (Wildman–Crippen LogP) is 4.92. The van der Waals surface area contributed by atoms with E-state index in [1.165, 1.54) is 11.8 Å². The molecule has 33 heavy (non-hydrogen) atoms. The summed E-state index contributed by atoms with van der Waals surface area (Å²) in [4.78, 5) is 14.2. The van der Waals surface area contributed by atoms with Gasteiger partial charge in [-0.25, -0.2) is 5.01 Å². The van der Waals surface area contributed by atoms with Crippen molar-refractivity contribution in [2.75, 3.05) is 26.1 Å². The van der Waals surface area contributed by atoms with E-state index < -0.39 is 0 Å². The van der Waals surface area contributed by atoms with Gasteiger partial charge in [0.15, 0.2) is 11.5 Å². The Morgan fingerprint density at radius 3 is 2.70 bits per heavy atom. The Labute approximate surface area is 196 Å². The van der Waals surface area contributed by atoms with E-state index in [2.05, 4.69) is 5.10 Å². The van der Waals surface area contributed by atoms with Crippen LogP contribution < -0.4 is 14.2 Å². The third-order valence-electron chi connectivity index (χ3n) is 5.54. The first-order chi connectivity index (χ1) is 16.2. The molecule has 3 heterocycles. The molecule has 2 aliphatic rings. The fourth-order valence-electron chi connectivity index (χ4n) is 3.85. The van der Waals surface area contributed by atoms with Gasteiger partial charge in [-0.3, -0.25) is 4.79 Å². The average molecular weight is 465 g/mol. The molecule has 0 fully saturated rings. The number of methoxy groups -OCH3 is 1. The molecule has 0 saturated heterocycles. The molecule has 170 valence electrons. The van der Waals surface area contributed by atoms with Gasteiger partial charge < -0.3 is 18.6 Å². The lowest BCUT2D eigenvalue weighted by Crippen LogP contribution is -2.28. The van der Waals surface area contributed by atoms with Crippen LogP contribution in [0.3, 0.4) is 0 Å². The van der Waals surface area contributed by atoms with E-state index in [-0.39, 0.29) is 17.7 Å². The molecule has 0 N–H and O–H groups in total. The normalized spacial score (nSPS) is 17.4. The predicted molar refractivity (Wildman–Crippen MR) is 125 cm³/mol. The van der Waals surface area contributed by atoms with Crippen molar-refractivity contribution in [2.24, 2.45) is 5.10 Å². The van der Waals surface area contributed by atoms with Gasteiger partial charge in [-0.05, 0) is 60.2 Å². The van der Waals surface area contributed by atoms with Gasteiger partial charge in [-0.15, -0.1) is 11.8 Å². The minimum absolute atomic E-state index is 0.0861. The highest BCUT2D eigenvalue weighted by atomic mass is 32.2. The maximum absolute atomic E-state index is 13.2. The zero-order valence-corrected chi connectivity index (χ0v) is 19.0. The summed E-state index contributed by atoms with van der Waals surface area (Å²) in [6.07, 6.45) is 3.06. The molecule has 7 nitrogen and oxygen atoms in total. The number of carbonyl (C=O) groups is 1. The Hall–Kier alpha value is -3.39. The van der Waals surface area contributed by atoms with E-state index in [4.69, 9.17) is 18.6 Å². The van der Waals surface area contributed by atoms with Crippen molar-refractivity contribution >= 4 is 23.4 Å². The quantitative estimate of drug-likeness (QED) is 0.482. The molecule has 0 spiro atoms. The van der Waals surface area contributed by atoms with Crippen molar-refractivity contribution in [3.05, 3.63) is 72.2 Å². The van der Waals surface area contributed by atoms with Crippen LogP contribution in [0, 0.1) is 0 Å². The van der Waals surface area contributed by atoms with Crippen molar-refractivity contribution < 1.29 is 23.4 Å². The van der Waals surface area contributed by atoms with Gasteiger partial charge in [0.25, 0.3) is 5.91 Å². The van der Waals surface area contributed by atoms with Gasteiger partial charge in [0.05, 0.1) is 38.1 Å². The SMILES string of the molecule is COc1ccc(C2=NN(C(=O)CSc3ccc4c(c3)OCCCO4)[C@@H](c3ccco3)C2)cc1. The van der Waals surface area contributed by atoms with Crippen LogP contribution in [0.1, 0.15) is 30.2 Å². The average Bonchev–Trinajstić information content (AvgIpc) is 3.48. The van der Waals surface area contributed by atoms with Gasteiger partial charge >= 0.3 is 0 Å². The van der Waals surface area contributed by atoms with Gasteiger partial charge in [0.2, 0.25) is 0 Å². The van der Waals surface area contributed by atoms with E-state index in [1.807, 2.05) is 54.6 Å². The number of fused-ring (bicyclic) bond motifs is 1. The van der Waals surface area contributed by atoms with Gasteiger partial charge in [-0.1, -0.05) is 0 Å². The number of carbonyl (C=O) groups excluding carboxylic acids is 1. The summed E-state index contributed by atoms with van der Waals surface area (Å²) in [5.74, 6) is 3.12. The molecular formula is C25H24N2O5S. The minimum atomic E-state index is -0.269. The second-order valence-electron chi connectivity index (χ2n) is 7.70. The maximum atomic E-state index is 13.2. The Morgan fingerprint density at radius 2 is 1.94 bits per heavy atom. The van der Waals surface area contributed by atoms with Crippen molar-refractivity contribution in [2.45, 2.75) is 23.8 Å². The standard InChI is InChI=1S/C25H24N2O5S/c1-29-18-7-5-17(6-8-18)20-15-21(22-4-2-11-30-22)27(26-20)25(28)16-33-19-9-10-23-24(14-19)32-13-3-12-31-23/h2,4-11,14,21H,3,12-13,15-16H2,1H3/t21-/m1/s1. The van der Waals surface area contributed by atoms with Crippen LogP contribution in [0.5, 0.6) is 17.2 Å². The summed E-state index contributed by atoms with van der Waals surface area (Å²) in [6.45, 7) is 1.27. The van der Waals surface area contributed by atoms with Crippen molar-refractivity contribution in [1.29, 1.82) is 0 Å². The number of nitrogens with zero attached hydrogens (tertiary/aromatic N) is 2. The summed E-state index contributed by atoms with van der Waals surface area (Å²) in [7, 11) is 1.64. The third-order valence-corrected chi connectivity index (χ3v) is 6.52. The first-order valence-corrected chi connectivity index (χ1v) is 11.8. The molecule has 2 aromatic carbocycles. The van der Waals surface area contributed by atoms with Crippen LogP contribution >= 0.6 is 11.8 Å². The van der Waals surface area contributed by atoms with Crippen LogP contribution in [0.4, 0.5) is 0 Å². The van der Waals surface area contributed by atoms with E-state index in [0.29, 0.717) is 19.6 Å². The minimum Gasteiger partial charge on any atom is -0.497 e. The summed E-state index contributed by atoms with van der Waals surface area (Å²) < 4.78 is 22.3. The van der Waals surface area contributed by atoms with E-state index in [1.54, 1.807) is 18.4 Å². The molecule has 1 aromatic heterocycles. The van der Waals surface area contributed by atoms with E-state index in [0.717, 1.165) is 45.6 Å². The number of hydrogen-bond acceptors (Lipinski definition) is 7. The Morgan fingerprint density at radius 1 is 1.12 bits per heavy atom. The molecular weight excluding hydrogens is 440 g/mol. The Bertz CT molecular complexity index is 1140. The van der Waals surface area contributed by atoms with Crippen LogP contribution in [-0.4, -0.2) is 42.7 Å². The van der Waals surface area contributed by atoms with Gasteiger partial charge in [0.1, 0.15) is 17.6 Å². The van der Waals surface area contributed by atoms with Gasteiger partial charge in [0, 0.05) is 17.7 Å². The summed E-state index contributed by atoms with van der Waals surface area (Å²) in [5, 5.41) is 6.24. The lowest BCUT2D eigenvalue weighted by Gasteiger charge is -2.19. The highest BCUT2D eigenvalue weighted by Gasteiger charge is 2.34. The molecule has 0 saturated carbocycles. The topological polar surface area (TPSA) is 73.5 Å². The number of thioether (sulfide) groups is 1. The number of hydrazone groups is 1. The molecule has 0 radical (unpaired) electrons. The number of rotatable bonds is 6. The molecule has 2 aliphatic heterocycles. The van der Waals surface area contributed by atoms with Crippen LogP contribution in [0.25, 0.3) is 0 Å². The maximum Gasteiger partial charge on any atom is 0.253 e. The molecule has 8 heteroatoms. The summed E-state index contributed by atoms with van der Waals surface area (Å²) in [5.41, 5.74) is 1.80. The van der Waals surface area contributed by atoms with E-state index in [9.17, 15) is 4.79 Å². The van der Waals surface area contributed by atoms with Crippen molar-refractivity contribution in [1.82, 2.24) is 5.01 Å². The molecule has 0 unspecified atom stereocenters. The molecule has 5 rings (SSSR count). The van der Waals surface area contributed by atoms with Gasteiger partial charge in [-0.2, -0.15) is 5.10 Å². The zero-order valence-electron chi connectivity index (χ0n) is 18.2. The zero-order chi connectivity index (χ0) is 22.6. The first kappa shape index (κ1) is 21.5. The molecule has 3 aromatic rings. The first-order valence-electron chi connectivity index (χ1n) is 10.8. The van der Waals surface area contributed by atoms with Crippen LogP contribution in [-0.2, 0) is 4.79 Å². The molecule has 1 atom stereocenters. The number of amides is 1. The smallest absolute Gasteiger partial charge is 0.253 e. The van der Waals surface area contributed by atoms with E-state index >= 15 is 0 Å². The van der Waals surface area contributed by atoms with Crippen LogP contribution in [0.2, 0.25) is 0 Å². The second-order valence-corrected chi connectivity index (χ2v) is 8.75. The number of benzene rings is 2. The fraction of sp³-hybridized carbons (Fsp3) is 0.280. The third kappa shape index (κ3) is 4.71. The fourth-order valence-corrected chi connectivity index (χ4v) is 4.62. The largest absolute Gasteiger partial charge is 0.497 e. The molecule has 0 aliphatic carbocycles. The molecule has 0 bridgehead atoms. The number of hydrogen-bond donors (Lipinski definition) is 0.